The number of rotatable bonds is 5. The molecule has 5 nitrogen and oxygen atoms in total. The van der Waals surface area contributed by atoms with E-state index in [1.54, 1.807) is 0 Å². The van der Waals surface area contributed by atoms with Gasteiger partial charge in [0.2, 0.25) is 0 Å². The fourth-order valence-corrected chi connectivity index (χ4v) is 2.21. The van der Waals surface area contributed by atoms with Gasteiger partial charge in [0.1, 0.15) is 5.76 Å². The van der Waals surface area contributed by atoms with E-state index in [1.807, 2.05) is 25.5 Å². The SMILES string of the molecule is Cc1cc(C)n(C[C@H](C)NCc2c(C)noc2C)n1. The van der Waals surface area contributed by atoms with Crippen LogP contribution in [0.5, 0.6) is 0 Å². The van der Waals surface area contributed by atoms with Gasteiger partial charge < -0.3 is 9.84 Å². The Bertz CT molecular complexity index is 536. The molecule has 19 heavy (non-hydrogen) atoms. The van der Waals surface area contributed by atoms with E-state index < -0.39 is 0 Å². The number of hydrogen-bond acceptors (Lipinski definition) is 4. The molecular formula is C14H22N4O. The van der Waals surface area contributed by atoms with E-state index in [2.05, 4.69) is 35.5 Å². The van der Waals surface area contributed by atoms with Crippen molar-refractivity contribution in [2.75, 3.05) is 0 Å². The smallest absolute Gasteiger partial charge is 0.138 e. The summed E-state index contributed by atoms with van der Waals surface area (Å²) in [6.07, 6.45) is 0. The van der Waals surface area contributed by atoms with Gasteiger partial charge in [0.25, 0.3) is 0 Å². The molecule has 0 saturated heterocycles. The summed E-state index contributed by atoms with van der Waals surface area (Å²) in [5.74, 6) is 0.892. The highest BCUT2D eigenvalue weighted by molar-refractivity contribution is 5.20. The van der Waals surface area contributed by atoms with Gasteiger partial charge in [-0.05, 0) is 40.7 Å². The van der Waals surface area contributed by atoms with Crippen LogP contribution in [0.1, 0.15) is 35.3 Å². The molecule has 104 valence electrons. The largest absolute Gasteiger partial charge is 0.361 e. The van der Waals surface area contributed by atoms with E-state index >= 15 is 0 Å². The van der Waals surface area contributed by atoms with Crippen LogP contribution in [0, 0.1) is 27.7 Å². The molecule has 0 radical (unpaired) electrons. The summed E-state index contributed by atoms with van der Waals surface area (Å²) in [6.45, 7) is 11.8. The summed E-state index contributed by atoms with van der Waals surface area (Å²) in [7, 11) is 0. The molecule has 0 aromatic carbocycles. The lowest BCUT2D eigenvalue weighted by molar-refractivity contribution is 0.390. The summed E-state index contributed by atoms with van der Waals surface area (Å²) < 4.78 is 7.20. The lowest BCUT2D eigenvalue weighted by Crippen LogP contribution is -2.31. The summed E-state index contributed by atoms with van der Waals surface area (Å²) in [4.78, 5) is 0. The first kappa shape index (κ1) is 13.8. The van der Waals surface area contributed by atoms with Crippen molar-refractivity contribution < 1.29 is 4.52 Å². The lowest BCUT2D eigenvalue weighted by atomic mass is 10.2. The second-order valence-electron chi connectivity index (χ2n) is 5.19. The highest BCUT2D eigenvalue weighted by atomic mass is 16.5. The standard InChI is InChI=1S/C14H22N4O/c1-9-6-11(3)18(16-9)8-10(2)15-7-14-12(4)17-19-13(14)5/h6,10,15H,7-8H2,1-5H3/t10-/m0/s1. The van der Waals surface area contributed by atoms with Gasteiger partial charge in [-0.25, -0.2) is 0 Å². The van der Waals surface area contributed by atoms with E-state index in [0.717, 1.165) is 35.8 Å². The molecule has 0 aliphatic carbocycles. The zero-order valence-electron chi connectivity index (χ0n) is 12.3. The molecule has 5 heteroatoms. The van der Waals surface area contributed by atoms with Crippen molar-refractivity contribution >= 4 is 0 Å². The first-order chi connectivity index (χ1) is 8.97. The molecule has 0 aliphatic rings. The average Bonchev–Trinajstić information content (AvgIpc) is 2.81. The monoisotopic (exact) mass is 262 g/mol. The summed E-state index contributed by atoms with van der Waals surface area (Å²) >= 11 is 0. The third-order valence-electron chi connectivity index (χ3n) is 3.36. The molecule has 1 N–H and O–H groups in total. The van der Waals surface area contributed by atoms with Crippen molar-refractivity contribution in [3.8, 4) is 0 Å². The van der Waals surface area contributed by atoms with Crippen LogP contribution < -0.4 is 5.32 Å². The first-order valence-electron chi connectivity index (χ1n) is 6.63. The molecule has 0 amide bonds. The molecule has 0 spiro atoms. The third kappa shape index (κ3) is 3.23. The second-order valence-corrected chi connectivity index (χ2v) is 5.19. The van der Waals surface area contributed by atoms with Crippen LogP contribution in [0.3, 0.4) is 0 Å². The number of aryl methyl sites for hydroxylation is 4. The minimum atomic E-state index is 0.340. The van der Waals surface area contributed by atoms with Crippen molar-refractivity contribution in [3.05, 3.63) is 34.5 Å². The highest BCUT2D eigenvalue weighted by Gasteiger charge is 2.11. The second kappa shape index (κ2) is 5.57. The Balaban J connectivity index is 1.92. The Morgan fingerprint density at radius 3 is 2.58 bits per heavy atom. The van der Waals surface area contributed by atoms with Gasteiger partial charge in [0, 0.05) is 23.8 Å². The molecule has 0 unspecified atom stereocenters. The van der Waals surface area contributed by atoms with Gasteiger partial charge in [0.15, 0.2) is 0 Å². The van der Waals surface area contributed by atoms with Gasteiger partial charge in [-0.2, -0.15) is 5.10 Å². The van der Waals surface area contributed by atoms with Crippen molar-refractivity contribution in [1.29, 1.82) is 0 Å². The van der Waals surface area contributed by atoms with E-state index in [1.165, 1.54) is 5.69 Å². The number of aromatic nitrogens is 3. The maximum absolute atomic E-state index is 5.16. The van der Waals surface area contributed by atoms with E-state index in [4.69, 9.17) is 4.52 Å². The molecule has 0 fully saturated rings. The van der Waals surface area contributed by atoms with Crippen LogP contribution in [-0.4, -0.2) is 21.0 Å². The van der Waals surface area contributed by atoms with E-state index in [-0.39, 0.29) is 0 Å². The fraction of sp³-hybridized carbons (Fsp3) is 0.571. The maximum Gasteiger partial charge on any atom is 0.138 e. The zero-order valence-corrected chi connectivity index (χ0v) is 12.3. The van der Waals surface area contributed by atoms with Crippen molar-refractivity contribution in [3.63, 3.8) is 0 Å². The minimum absolute atomic E-state index is 0.340. The Labute approximate surface area is 114 Å². The molecule has 0 saturated carbocycles. The number of nitrogens with one attached hydrogen (secondary N) is 1. The molecular weight excluding hydrogens is 240 g/mol. The molecule has 0 aliphatic heterocycles. The van der Waals surface area contributed by atoms with E-state index in [0.29, 0.717) is 6.04 Å². The van der Waals surface area contributed by atoms with Crippen LogP contribution in [-0.2, 0) is 13.1 Å². The highest BCUT2D eigenvalue weighted by Crippen LogP contribution is 2.12. The van der Waals surface area contributed by atoms with E-state index in [9.17, 15) is 0 Å². The Hall–Kier alpha value is -1.62. The van der Waals surface area contributed by atoms with Gasteiger partial charge >= 0.3 is 0 Å². The molecule has 2 heterocycles. The maximum atomic E-state index is 5.16. The average molecular weight is 262 g/mol. The van der Waals surface area contributed by atoms with Crippen LogP contribution in [0.2, 0.25) is 0 Å². The molecule has 2 aromatic rings. The Kier molecular flexibility index (Phi) is 4.04. The summed E-state index contributed by atoms with van der Waals surface area (Å²) in [6, 6.07) is 2.44. The summed E-state index contributed by atoms with van der Waals surface area (Å²) in [5, 5.41) is 11.9. The third-order valence-corrected chi connectivity index (χ3v) is 3.36. The van der Waals surface area contributed by atoms with Gasteiger partial charge in [0.05, 0.1) is 17.9 Å². The first-order valence-corrected chi connectivity index (χ1v) is 6.63. The van der Waals surface area contributed by atoms with Crippen LogP contribution in [0.4, 0.5) is 0 Å². The topological polar surface area (TPSA) is 55.9 Å². The van der Waals surface area contributed by atoms with Crippen LogP contribution >= 0.6 is 0 Å². The van der Waals surface area contributed by atoms with Gasteiger partial charge in [-0.3, -0.25) is 4.68 Å². The quantitative estimate of drug-likeness (QED) is 0.898. The Morgan fingerprint density at radius 1 is 1.32 bits per heavy atom. The van der Waals surface area contributed by atoms with Gasteiger partial charge in [-0.1, -0.05) is 5.16 Å². The predicted molar refractivity (Wildman–Crippen MR) is 74.0 cm³/mol. The molecule has 2 aromatic heterocycles. The van der Waals surface area contributed by atoms with Crippen molar-refractivity contribution in [1.82, 2.24) is 20.3 Å². The lowest BCUT2D eigenvalue weighted by Gasteiger charge is -2.14. The number of hydrogen-bond donors (Lipinski definition) is 1. The fourth-order valence-electron chi connectivity index (χ4n) is 2.21. The van der Waals surface area contributed by atoms with Crippen molar-refractivity contribution in [2.24, 2.45) is 0 Å². The zero-order chi connectivity index (χ0) is 14.0. The Morgan fingerprint density at radius 2 is 2.05 bits per heavy atom. The molecule has 0 bridgehead atoms. The molecule has 2 rings (SSSR count). The summed E-state index contributed by atoms with van der Waals surface area (Å²) in [5.41, 5.74) is 4.38. The molecule has 1 atom stereocenters. The normalized spacial score (nSPS) is 12.9. The van der Waals surface area contributed by atoms with Crippen molar-refractivity contribution in [2.45, 2.75) is 53.8 Å². The van der Waals surface area contributed by atoms with Crippen LogP contribution in [0.25, 0.3) is 0 Å². The number of nitrogens with zero attached hydrogens (tertiary/aromatic N) is 3. The predicted octanol–water partition coefficient (Wildman–Crippen LogP) is 2.28. The van der Waals surface area contributed by atoms with Gasteiger partial charge in [-0.15, -0.1) is 0 Å². The van der Waals surface area contributed by atoms with Crippen LogP contribution in [0.15, 0.2) is 10.6 Å². The minimum Gasteiger partial charge on any atom is -0.361 e.